The molecule has 0 fully saturated rings. The standard InChI is InChI=1S/C24H19I2N3O4/c1-31-21-11-16(7-8-19(21)25)24(30)29-28-13-15-9-20(26)23(22(10-15)32-2)33-14-18-6-4-3-5-17(18)12-27/h3-11,13H,14H2,1-2H3,(H,29,30)/b28-13-. The lowest BCUT2D eigenvalue weighted by atomic mass is 10.1. The summed E-state index contributed by atoms with van der Waals surface area (Å²) in [5.41, 5.74) is 5.04. The minimum Gasteiger partial charge on any atom is -0.496 e. The Morgan fingerprint density at radius 1 is 1.06 bits per heavy atom. The fourth-order valence-electron chi connectivity index (χ4n) is 2.89. The van der Waals surface area contributed by atoms with E-state index >= 15 is 0 Å². The molecule has 0 aliphatic rings. The lowest BCUT2D eigenvalue weighted by Gasteiger charge is -2.14. The number of methoxy groups -OCH3 is 2. The molecule has 3 rings (SSSR count). The van der Waals surface area contributed by atoms with Gasteiger partial charge in [-0.3, -0.25) is 4.79 Å². The number of nitrogens with one attached hydrogen (secondary N) is 1. The molecule has 0 aliphatic heterocycles. The number of rotatable bonds is 8. The van der Waals surface area contributed by atoms with E-state index in [0.717, 1.165) is 18.3 Å². The number of ether oxygens (including phenoxy) is 3. The molecule has 33 heavy (non-hydrogen) atoms. The predicted molar refractivity (Wildman–Crippen MR) is 142 cm³/mol. The highest BCUT2D eigenvalue weighted by molar-refractivity contribution is 14.1. The molecule has 0 bridgehead atoms. The van der Waals surface area contributed by atoms with Crippen molar-refractivity contribution in [2.75, 3.05) is 14.2 Å². The number of halogens is 2. The van der Waals surface area contributed by atoms with Gasteiger partial charge in [0.1, 0.15) is 12.4 Å². The normalized spacial score (nSPS) is 10.5. The van der Waals surface area contributed by atoms with Crippen LogP contribution in [0, 0.1) is 18.5 Å². The van der Waals surface area contributed by atoms with Crippen LogP contribution in [0.5, 0.6) is 17.2 Å². The summed E-state index contributed by atoms with van der Waals surface area (Å²) in [7, 11) is 3.11. The summed E-state index contributed by atoms with van der Waals surface area (Å²) in [4.78, 5) is 12.4. The first-order valence-electron chi connectivity index (χ1n) is 9.62. The van der Waals surface area contributed by atoms with Gasteiger partial charge in [0.15, 0.2) is 11.5 Å². The van der Waals surface area contributed by atoms with E-state index in [1.807, 2.05) is 24.3 Å². The van der Waals surface area contributed by atoms with Crippen molar-refractivity contribution in [3.63, 3.8) is 0 Å². The van der Waals surface area contributed by atoms with Gasteiger partial charge in [0.25, 0.3) is 5.91 Å². The van der Waals surface area contributed by atoms with Crippen LogP contribution in [-0.2, 0) is 6.61 Å². The Kier molecular flexibility index (Phi) is 8.90. The van der Waals surface area contributed by atoms with Crippen molar-refractivity contribution in [2.45, 2.75) is 6.61 Å². The van der Waals surface area contributed by atoms with Gasteiger partial charge in [0, 0.05) is 11.1 Å². The minimum absolute atomic E-state index is 0.235. The average Bonchev–Trinajstić information content (AvgIpc) is 2.83. The Labute approximate surface area is 219 Å². The van der Waals surface area contributed by atoms with E-state index < -0.39 is 0 Å². The van der Waals surface area contributed by atoms with Crippen LogP contribution in [0.15, 0.2) is 59.7 Å². The Morgan fingerprint density at radius 2 is 1.82 bits per heavy atom. The molecule has 7 nitrogen and oxygen atoms in total. The molecule has 0 radical (unpaired) electrons. The zero-order valence-electron chi connectivity index (χ0n) is 17.8. The van der Waals surface area contributed by atoms with Crippen molar-refractivity contribution < 1.29 is 19.0 Å². The van der Waals surface area contributed by atoms with Crippen LogP contribution < -0.4 is 19.6 Å². The number of hydrazone groups is 1. The van der Waals surface area contributed by atoms with Gasteiger partial charge < -0.3 is 14.2 Å². The first-order valence-corrected chi connectivity index (χ1v) is 11.8. The van der Waals surface area contributed by atoms with E-state index in [9.17, 15) is 10.1 Å². The Balaban J connectivity index is 1.72. The Hall–Kier alpha value is -2.85. The topological polar surface area (TPSA) is 92.9 Å². The quantitative estimate of drug-likeness (QED) is 0.205. The second kappa shape index (κ2) is 11.9. The summed E-state index contributed by atoms with van der Waals surface area (Å²) in [5.74, 6) is 1.36. The van der Waals surface area contributed by atoms with Gasteiger partial charge in [0.2, 0.25) is 0 Å². The average molecular weight is 667 g/mol. The third-order valence-electron chi connectivity index (χ3n) is 4.55. The Morgan fingerprint density at radius 3 is 2.55 bits per heavy atom. The van der Waals surface area contributed by atoms with Crippen LogP contribution >= 0.6 is 45.2 Å². The molecule has 0 heterocycles. The van der Waals surface area contributed by atoms with Gasteiger partial charge in [-0.05, 0) is 87.1 Å². The van der Waals surface area contributed by atoms with E-state index in [0.29, 0.717) is 28.4 Å². The third kappa shape index (κ3) is 6.35. The van der Waals surface area contributed by atoms with Crippen LogP contribution in [-0.4, -0.2) is 26.3 Å². The van der Waals surface area contributed by atoms with Gasteiger partial charge in [-0.2, -0.15) is 10.4 Å². The number of nitrogens with zero attached hydrogens (tertiary/aromatic N) is 2. The molecular weight excluding hydrogens is 648 g/mol. The highest BCUT2D eigenvalue weighted by Crippen LogP contribution is 2.34. The summed E-state index contributed by atoms with van der Waals surface area (Å²) in [5, 5.41) is 13.3. The van der Waals surface area contributed by atoms with E-state index in [1.54, 1.807) is 44.6 Å². The molecule has 3 aromatic carbocycles. The fourth-order valence-corrected chi connectivity index (χ4v) is 4.23. The minimum atomic E-state index is -0.348. The van der Waals surface area contributed by atoms with Gasteiger partial charge in [-0.15, -0.1) is 0 Å². The predicted octanol–water partition coefficient (Wildman–Crippen LogP) is 5.13. The molecule has 0 unspecified atom stereocenters. The number of nitriles is 1. The highest BCUT2D eigenvalue weighted by Gasteiger charge is 2.13. The lowest BCUT2D eigenvalue weighted by molar-refractivity contribution is 0.0954. The van der Waals surface area contributed by atoms with Gasteiger partial charge >= 0.3 is 0 Å². The molecule has 0 aliphatic carbocycles. The molecule has 0 saturated carbocycles. The largest absolute Gasteiger partial charge is 0.496 e. The number of carbonyl (C=O) groups is 1. The van der Waals surface area contributed by atoms with Crippen LogP contribution in [0.2, 0.25) is 0 Å². The van der Waals surface area contributed by atoms with Crippen LogP contribution in [0.3, 0.4) is 0 Å². The van der Waals surface area contributed by atoms with Crippen molar-refractivity contribution in [2.24, 2.45) is 5.10 Å². The third-order valence-corrected chi connectivity index (χ3v) is 6.25. The molecular formula is C24H19I2N3O4. The smallest absolute Gasteiger partial charge is 0.271 e. The zero-order chi connectivity index (χ0) is 23.8. The Bertz CT molecular complexity index is 1240. The number of carbonyl (C=O) groups excluding carboxylic acids is 1. The summed E-state index contributed by atoms with van der Waals surface area (Å²) in [6, 6.07) is 18.2. The maximum atomic E-state index is 12.4. The maximum absolute atomic E-state index is 12.4. The molecule has 0 saturated heterocycles. The van der Waals surface area contributed by atoms with Gasteiger partial charge in [0.05, 0.1) is 39.2 Å². The molecule has 9 heteroatoms. The SMILES string of the molecule is COc1cc(C(=O)N/N=C\c2cc(I)c(OCc3ccccc3C#N)c(OC)c2)ccc1I. The second-order valence-corrected chi connectivity index (χ2v) is 8.96. The van der Waals surface area contributed by atoms with Crippen LogP contribution in [0.4, 0.5) is 0 Å². The first-order chi connectivity index (χ1) is 16.0. The number of hydrogen-bond acceptors (Lipinski definition) is 6. The summed E-state index contributed by atoms with van der Waals surface area (Å²) < 4.78 is 18.4. The van der Waals surface area contributed by atoms with E-state index in [2.05, 4.69) is 61.8 Å². The monoisotopic (exact) mass is 667 g/mol. The summed E-state index contributed by atoms with van der Waals surface area (Å²) >= 11 is 4.29. The molecule has 168 valence electrons. The molecule has 1 amide bonds. The molecule has 0 aromatic heterocycles. The second-order valence-electron chi connectivity index (χ2n) is 6.64. The zero-order valence-corrected chi connectivity index (χ0v) is 22.1. The van der Waals surface area contributed by atoms with Crippen molar-refractivity contribution >= 4 is 57.3 Å². The van der Waals surface area contributed by atoms with E-state index in [1.165, 1.54) is 6.21 Å². The molecule has 0 atom stereocenters. The van der Waals surface area contributed by atoms with Crippen LogP contribution in [0.25, 0.3) is 0 Å². The fraction of sp³-hybridized carbons (Fsp3) is 0.125. The van der Waals surface area contributed by atoms with Gasteiger partial charge in [-0.25, -0.2) is 5.43 Å². The van der Waals surface area contributed by atoms with E-state index in [4.69, 9.17) is 14.2 Å². The van der Waals surface area contributed by atoms with Crippen molar-refractivity contribution in [3.05, 3.63) is 84.0 Å². The van der Waals surface area contributed by atoms with Crippen molar-refractivity contribution in [3.8, 4) is 23.3 Å². The lowest BCUT2D eigenvalue weighted by Crippen LogP contribution is -2.17. The van der Waals surface area contributed by atoms with Crippen molar-refractivity contribution in [1.29, 1.82) is 5.26 Å². The maximum Gasteiger partial charge on any atom is 0.271 e. The summed E-state index contributed by atoms with van der Waals surface area (Å²) in [6.45, 7) is 0.235. The summed E-state index contributed by atoms with van der Waals surface area (Å²) in [6.07, 6.45) is 1.53. The van der Waals surface area contributed by atoms with Gasteiger partial charge in [-0.1, -0.05) is 18.2 Å². The molecule has 1 N–H and O–H groups in total. The molecule has 3 aromatic rings. The number of hydrogen-bond donors (Lipinski definition) is 1. The highest BCUT2D eigenvalue weighted by atomic mass is 127. The van der Waals surface area contributed by atoms with E-state index in [-0.39, 0.29) is 12.5 Å². The van der Waals surface area contributed by atoms with Crippen molar-refractivity contribution in [1.82, 2.24) is 5.43 Å². The molecule has 0 spiro atoms. The first kappa shape index (κ1) is 24.8. The number of amides is 1. The van der Waals surface area contributed by atoms with Crippen LogP contribution in [0.1, 0.15) is 27.0 Å². The number of benzene rings is 3.